The van der Waals surface area contributed by atoms with Gasteiger partial charge in [0, 0.05) is 10.5 Å². The van der Waals surface area contributed by atoms with Crippen molar-refractivity contribution >= 4 is 43.0 Å². The summed E-state index contributed by atoms with van der Waals surface area (Å²) in [6.45, 7) is 0. The fourth-order valence-corrected chi connectivity index (χ4v) is 3.69. The van der Waals surface area contributed by atoms with E-state index >= 15 is 0 Å². The van der Waals surface area contributed by atoms with Crippen molar-refractivity contribution in [1.82, 2.24) is 0 Å². The van der Waals surface area contributed by atoms with Gasteiger partial charge in [-0.15, -0.1) is 0 Å². The summed E-state index contributed by atoms with van der Waals surface area (Å²) >= 11 is 3.15. The van der Waals surface area contributed by atoms with Crippen molar-refractivity contribution in [3.63, 3.8) is 0 Å². The lowest BCUT2D eigenvalue weighted by Crippen LogP contribution is -2.13. The van der Waals surface area contributed by atoms with Crippen LogP contribution in [-0.2, 0) is 10.0 Å². The van der Waals surface area contributed by atoms with Crippen LogP contribution >= 0.6 is 15.9 Å². The molecule has 0 heterocycles. The highest BCUT2D eigenvalue weighted by Crippen LogP contribution is 2.28. The molecule has 9 heteroatoms. The molecule has 0 aliphatic rings. The molecule has 2 rings (SSSR count). The predicted octanol–water partition coefficient (Wildman–Crippen LogP) is 2.74. The van der Waals surface area contributed by atoms with Crippen LogP contribution in [0.2, 0.25) is 0 Å². The molecule has 0 spiro atoms. The minimum Gasteiger partial charge on any atom is -0.393 e. The van der Waals surface area contributed by atoms with Gasteiger partial charge in [-0.1, -0.05) is 12.1 Å². The molecule has 0 saturated heterocycles. The largest absolute Gasteiger partial charge is 0.393 e. The van der Waals surface area contributed by atoms with E-state index in [9.17, 15) is 18.5 Å². The first-order valence-electron chi connectivity index (χ1n) is 5.62. The van der Waals surface area contributed by atoms with E-state index in [0.717, 1.165) is 6.07 Å². The Bertz CT molecular complexity index is 808. The molecule has 0 fully saturated rings. The summed E-state index contributed by atoms with van der Waals surface area (Å²) in [5, 5.41) is 10.8. The van der Waals surface area contributed by atoms with Crippen molar-refractivity contribution in [3.8, 4) is 0 Å². The Labute approximate surface area is 129 Å². The quantitative estimate of drug-likeness (QED) is 0.486. The third-order valence-corrected chi connectivity index (χ3v) is 5.00. The van der Waals surface area contributed by atoms with Crippen LogP contribution in [0.15, 0.2) is 51.8 Å². The summed E-state index contributed by atoms with van der Waals surface area (Å²) in [4.78, 5) is 10.2. The first-order valence-corrected chi connectivity index (χ1v) is 7.90. The van der Waals surface area contributed by atoms with Crippen molar-refractivity contribution in [2.45, 2.75) is 4.90 Å². The molecule has 0 saturated carbocycles. The molecule has 7 nitrogen and oxygen atoms in total. The molecule has 0 unspecified atom stereocenters. The van der Waals surface area contributed by atoms with Gasteiger partial charge in [0.25, 0.3) is 15.7 Å². The molecule has 0 aliphatic carbocycles. The van der Waals surface area contributed by atoms with Crippen LogP contribution in [0.5, 0.6) is 0 Å². The topological polar surface area (TPSA) is 115 Å². The smallest absolute Gasteiger partial charge is 0.294 e. The van der Waals surface area contributed by atoms with Gasteiger partial charge in [-0.25, -0.2) is 8.42 Å². The molecule has 0 bridgehead atoms. The Kier molecular flexibility index (Phi) is 4.14. The van der Waals surface area contributed by atoms with E-state index in [0.29, 0.717) is 4.47 Å². The summed E-state index contributed by atoms with van der Waals surface area (Å²) in [5.41, 5.74) is 5.13. The zero-order chi connectivity index (χ0) is 15.6. The second-order valence-electron chi connectivity index (χ2n) is 4.07. The average Bonchev–Trinajstić information content (AvgIpc) is 2.40. The molecule has 0 amide bonds. The summed E-state index contributed by atoms with van der Waals surface area (Å²) in [6.07, 6.45) is 0. The second-order valence-corrected chi connectivity index (χ2v) is 6.57. The number of nitro groups is 1. The van der Waals surface area contributed by atoms with Crippen molar-refractivity contribution < 1.29 is 13.3 Å². The molecule has 0 aliphatic heterocycles. The Morgan fingerprint density at radius 1 is 1.19 bits per heavy atom. The number of nitrogens with one attached hydrogen (secondary N) is 1. The summed E-state index contributed by atoms with van der Waals surface area (Å²) in [7, 11) is -3.86. The predicted molar refractivity (Wildman–Crippen MR) is 82.5 cm³/mol. The monoisotopic (exact) mass is 371 g/mol. The number of hydrogen-bond acceptors (Lipinski definition) is 5. The van der Waals surface area contributed by atoms with Crippen LogP contribution in [0.4, 0.5) is 17.1 Å². The Hall–Kier alpha value is -2.13. The van der Waals surface area contributed by atoms with E-state index < -0.39 is 14.9 Å². The van der Waals surface area contributed by atoms with Gasteiger partial charge in [-0.2, -0.15) is 0 Å². The maximum absolute atomic E-state index is 12.2. The Morgan fingerprint density at radius 2 is 1.86 bits per heavy atom. The van der Waals surface area contributed by atoms with Crippen molar-refractivity contribution in [1.29, 1.82) is 0 Å². The molecular weight excluding hydrogens is 362 g/mol. The van der Waals surface area contributed by atoms with E-state index in [1.165, 1.54) is 18.2 Å². The summed E-state index contributed by atoms with van der Waals surface area (Å²) in [5.74, 6) is 0. The molecule has 2 aromatic carbocycles. The molecule has 21 heavy (non-hydrogen) atoms. The number of benzene rings is 2. The van der Waals surface area contributed by atoms with Gasteiger partial charge in [-0.05, 0) is 40.2 Å². The van der Waals surface area contributed by atoms with Gasteiger partial charge in [0.15, 0.2) is 0 Å². The first-order chi connectivity index (χ1) is 9.81. The minimum absolute atomic E-state index is 0.0319. The normalized spacial score (nSPS) is 11.1. The van der Waals surface area contributed by atoms with E-state index in [2.05, 4.69) is 20.7 Å². The number of hydrogen-bond donors (Lipinski definition) is 2. The molecule has 0 radical (unpaired) electrons. The molecular formula is C12H10BrN3O4S. The molecule has 110 valence electrons. The zero-order valence-corrected chi connectivity index (χ0v) is 12.9. The first kappa shape index (κ1) is 15.3. The van der Waals surface area contributed by atoms with E-state index in [-0.39, 0.29) is 22.0 Å². The Morgan fingerprint density at radius 3 is 2.48 bits per heavy atom. The number of nitrogens with two attached hydrogens (primary N) is 1. The maximum Gasteiger partial charge on any atom is 0.294 e. The number of nitrogens with zero attached hydrogens (tertiary/aromatic N) is 1. The van der Waals surface area contributed by atoms with Crippen molar-refractivity contribution in [2.24, 2.45) is 0 Å². The van der Waals surface area contributed by atoms with Crippen LogP contribution in [0, 0.1) is 10.1 Å². The zero-order valence-electron chi connectivity index (χ0n) is 10.5. The van der Waals surface area contributed by atoms with Crippen LogP contribution < -0.4 is 10.5 Å². The third kappa shape index (κ3) is 3.31. The summed E-state index contributed by atoms with van der Waals surface area (Å²) in [6, 6.07) is 9.95. The van der Waals surface area contributed by atoms with Crippen molar-refractivity contribution in [3.05, 3.63) is 57.1 Å². The number of anilines is 2. The number of sulfonamides is 1. The fraction of sp³-hybridized carbons (Fsp3) is 0. The van der Waals surface area contributed by atoms with Gasteiger partial charge in [0.2, 0.25) is 0 Å². The second kappa shape index (κ2) is 5.70. The van der Waals surface area contributed by atoms with E-state index in [1.807, 2.05) is 0 Å². The van der Waals surface area contributed by atoms with Gasteiger partial charge in [0.05, 0.1) is 10.6 Å². The van der Waals surface area contributed by atoms with Gasteiger partial charge in [0.1, 0.15) is 10.6 Å². The van der Waals surface area contributed by atoms with Gasteiger partial charge >= 0.3 is 0 Å². The number of rotatable bonds is 4. The van der Waals surface area contributed by atoms with Gasteiger partial charge in [-0.3, -0.25) is 14.8 Å². The lowest BCUT2D eigenvalue weighted by Gasteiger charge is -2.09. The van der Waals surface area contributed by atoms with E-state index in [1.54, 1.807) is 18.2 Å². The number of halogens is 1. The highest BCUT2D eigenvalue weighted by Gasteiger charge is 2.19. The van der Waals surface area contributed by atoms with E-state index in [4.69, 9.17) is 5.73 Å². The van der Waals surface area contributed by atoms with Crippen molar-refractivity contribution in [2.75, 3.05) is 10.5 Å². The highest BCUT2D eigenvalue weighted by atomic mass is 79.9. The average molecular weight is 372 g/mol. The van der Waals surface area contributed by atoms with Crippen LogP contribution in [0.3, 0.4) is 0 Å². The van der Waals surface area contributed by atoms with Crippen LogP contribution in [0.25, 0.3) is 0 Å². The fourth-order valence-electron chi connectivity index (χ4n) is 1.64. The van der Waals surface area contributed by atoms with Crippen LogP contribution in [-0.4, -0.2) is 13.3 Å². The summed E-state index contributed by atoms with van der Waals surface area (Å²) < 4.78 is 27.2. The lowest BCUT2D eigenvalue weighted by molar-refractivity contribution is -0.383. The highest BCUT2D eigenvalue weighted by molar-refractivity contribution is 9.10. The molecule has 0 aromatic heterocycles. The lowest BCUT2D eigenvalue weighted by atomic mass is 10.2. The SMILES string of the molecule is Nc1ccc(NS(=O)(=O)c2ccccc2Br)cc1[N+](=O)[O-]. The maximum atomic E-state index is 12.2. The molecule has 2 aromatic rings. The standard InChI is InChI=1S/C12H10BrN3O4S/c13-9-3-1-2-4-12(9)21(19,20)15-8-5-6-10(14)11(7-8)16(17)18/h1-7,15H,14H2. The number of nitro benzene ring substituents is 1. The minimum atomic E-state index is -3.86. The molecule has 0 atom stereocenters. The molecule has 3 N–H and O–H groups in total. The van der Waals surface area contributed by atoms with Gasteiger partial charge < -0.3 is 5.73 Å². The van der Waals surface area contributed by atoms with Crippen LogP contribution in [0.1, 0.15) is 0 Å². The Balaban J connectivity index is 2.40. The number of nitrogen functional groups attached to an aromatic ring is 1. The third-order valence-electron chi connectivity index (χ3n) is 2.61.